The molecule has 0 aliphatic heterocycles. The maximum atomic E-state index is 5.88. The Hall–Kier alpha value is -1.64. The quantitative estimate of drug-likeness (QED) is 0.666. The molecule has 0 radical (unpaired) electrons. The van der Waals surface area contributed by atoms with Crippen LogP contribution in [0.5, 0.6) is 0 Å². The van der Waals surface area contributed by atoms with E-state index in [1.54, 1.807) is 0 Å². The van der Waals surface area contributed by atoms with Crippen molar-refractivity contribution in [2.24, 2.45) is 11.8 Å². The zero-order valence-corrected chi connectivity index (χ0v) is 12.3. The summed E-state index contributed by atoms with van der Waals surface area (Å²) in [6.07, 6.45) is 4.71. The largest absolute Gasteiger partial charge is 0.271 e. The topological polar surface area (TPSA) is 38.0 Å². The molecule has 2 nitrogen and oxygen atoms in total. The van der Waals surface area contributed by atoms with Gasteiger partial charge in [-0.25, -0.2) is 0 Å². The van der Waals surface area contributed by atoms with Gasteiger partial charge in [-0.2, -0.15) is 0 Å². The summed E-state index contributed by atoms with van der Waals surface area (Å²) < 4.78 is 0. The number of benzene rings is 2. The smallest absolute Gasteiger partial charge is 0.0251 e. The lowest BCUT2D eigenvalue weighted by atomic mass is 9.73. The summed E-state index contributed by atoms with van der Waals surface area (Å²) >= 11 is 0. The fourth-order valence-corrected chi connectivity index (χ4v) is 4.15. The fraction of sp³-hybridized carbons (Fsp3) is 0.368. The normalized spacial score (nSPS) is 21.5. The van der Waals surface area contributed by atoms with Crippen molar-refractivity contribution >= 4 is 0 Å². The molecule has 2 aromatic carbocycles. The highest BCUT2D eigenvalue weighted by molar-refractivity contribution is 5.40. The number of hydrogen-bond donors (Lipinski definition) is 2. The Labute approximate surface area is 126 Å². The van der Waals surface area contributed by atoms with E-state index in [0.29, 0.717) is 17.9 Å². The molecular weight excluding hydrogens is 256 g/mol. The monoisotopic (exact) mass is 278 g/mol. The Morgan fingerprint density at radius 1 is 0.905 bits per heavy atom. The maximum Gasteiger partial charge on any atom is 0.0251 e. The third kappa shape index (κ3) is 2.29. The van der Waals surface area contributed by atoms with E-state index in [1.165, 1.54) is 41.5 Å². The fourth-order valence-electron chi connectivity index (χ4n) is 4.15. The standard InChI is InChI=1S/C19H22N2/c20-21-19(12-16-11-15-7-3-4-8-18(15)16)17-9-13-5-1-2-6-14(13)10-17/h1-8,16-17,19,21H,9-12,20H2. The molecule has 0 spiro atoms. The van der Waals surface area contributed by atoms with Gasteiger partial charge in [-0.05, 0) is 59.8 Å². The summed E-state index contributed by atoms with van der Waals surface area (Å²) in [5.74, 6) is 7.21. The van der Waals surface area contributed by atoms with Gasteiger partial charge in [0.1, 0.15) is 0 Å². The van der Waals surface area contributed by atoms with Crippen LogP contribution in [0, 0.1) is 5.92 Å². The first-order chi connectivity index (χ1) is 10.3. The summed E-state index contributed by atoms with van der Waals surface area (Å²) in [5, 5.41) is 0. The SMILES string of the molecule is NNC(CC1Cc2ccccc21)C1Cc2ccccc2C1. The molecule has 2 aliphatic carbocycles. The summed E-state index contributed by atoms with van der Waals surface area (Å²) in [6, 6.07) is 18.1. The summed E-state index contributed by atoms with van der Waals surface area (Å²) in [6.45, 7) is 0. The lowest BCUT2D eigenvalue weighted by Gasteiger charge is -2.34. The van der Waals surface area contributed by atoms with Crippen molar-refractivity contribution in [3.05, 3.63) is 70.8 Å². The molecule has 4 rings (SSSR count). The van der Waals surface area contributed by atoms with Crippen LogP contribution in [0.15, 0.2) is 48.5 Å². The van der Waals surface area contributed by atoms with Gasteiger partial charge in [0.15, 0.2) is 0 Å². The van der Waals surface area contributed by atoms with Crippen LogP contribution in [-0.4, -0.2) is 6.04 Å². The molecule has 0 bridgehead atoms. The Bertz CT molecular complexity index is 625. The minimum Gasteiger partial charge on any atom is -0.271 e. The molecule has 2 aliphatic rings. The predicted octanol–water partition coefficient (Wildman–Crippen LogP) is 2.96. The third-order valence-electron chi connectivity index (χ3n) is 5.37. The van der Waals surface area contributed by atoms with Crippen molar-refractivity contribution in [1.29, 1.82) is 0 Å². The zero-order valence-electron chi connectivity index (χ0n) is 12.3. The van der Waals surface area contributed by atoms with Crippen molar-refractivity contribution in [1.82, 2.24) is 5.43 Å². The van der Waals surface area contributed by atoms with Crippen LogP contribution in [0.1, 0.15) is 34.6 Å². The van der Waals surface area contributed by atoms with Crippen molar-refractivity contribution in [3.63, 3.8) is 0 Å². The summed E-state index contributed by atoms with van der Waals surface area (Å²) in [4.78, 5) is 0. The minimum atomic E-state index is 0.413. The Balaban J connectivity index is 1.46. The molecule has 0 saturated heterocycles. The van der Waals surface area contributed by atoms with E-state index in [1.807, 2.05) is 0 Å². The number of hydrazine groups is 1. The van der Waals surface area contributed by atoms with Gasteiger partial charge in [-0.15, -0.1) is 0 Å². The molecule has 0 fully saturated rings. The van der Waals surface area contributed by atoms with Gasteiger partial charge < -0.3 is 0 Å². The van der Waals surface area contributed by atoms with E-state index in [0.717, 1.165) is 6.42 Å². The van der Waals surface area contributed by atoms with E-state index < -0.39 is 0 Å². The van der Waals surface area contributed by atoms with E-state index in [2.05, 4.69) is 54.0 Å². The summed E-state index contributed by atoms with van der Waals surface area (Å²) in [7, 11) is 0. The highest BCUT2D eigenvalue weighted by Gasteiger charge is 2.33. The zero-order chi connectivity index (χ0) is 14.2. The van der Waals surface area contributed by atoms with Gasteiger partial charge in [-0.3, -0.25) is 11.3 Å². The van der Waals surface area contributed by atoms with Gasteiger partial charge in [0.25, 0.3) is 0 Å². The van der Waals surface area contributed by atoms with Crippen LogP contribution in [-0.2, 0) is 19.3 Å². The average Bonchev–Trinajstić information content (AvgIpc) is 2.92. The second kappa shape index (κ2) is 5.28. The number of fused-ring (bicyclic) bond motifs is 2. The maximum absolute atomic E-state index is 5.88. The Morgan fingerprint density at radius 2 is 1.52 bits per heavy atom. The molecule has 2 aromatic rings. The van der Waals surface area contributed by atoms with Crippen LogP contribution in [0.4, 0.5) is 0 Å². The van der Waals surface area contributed by atoms with Gasteiger partial charge in [0.05, 0.1) is 0 Å². The molecule has 21 heavy (non-hydrogen) atoms. The molecule has 0 amide bonds. The molecule has 108 valence electrons. The van der Waals surface area contributed by atoms with Crippen molar-refractivity contribution in [2.45, 2.75) is 37.6 Å². The Morgan fingerprint density at radius 3 is 2.14 bits per heavy atom. The van der Waals surface area contributed by atoms with Crippen LogP contribution in [0.2, 0.25) is 0 Å². The van der Waals surface area contributed by atoms with Gasteiger partial charge in [-0.1, -0.05) is 48.5 Å². The molecule has 2 atom stereocenters. The molecule has 2 unspecified atom stereocenters. The number of hydrogen-bond acceptors (Lipinski definition) is 2. The van der Waals surface area contributed by atoms with E-state index in [9.17, 15) is 0 Å². The molecule has 2 heteroatoms. The molecule has 0 heterocycles. The second-order valence-electron chi connectivity index (χ2n) is 6.55. The van der Waals surface area contributed by atoms with Crippen LogP contribution >= 0.6 is 0 Å². The highest BCUT2D eigenvalue weighted by Crippen LogP contribution is 2.40. The molecular formula is C19H22N2. The predicted molar refractivity (Wildman–Crippen MR) is 86.0 cm³/mol. The third-order valence-corrected chi connectivity index (χ3v) is 5.37. The number of nitrogens with two attached hydrogens (primary N) is 1. The number of rotatable bonds is 4. The Kier molecular flexibility index (Phi) is 3.28. The first kappa shape index (κ1) is 13.1. The average molecular weight is 278 g/mol. The number of nitrogens with one attached hydrogen (secondary N) is 1. The van der Waals surface area contributed by atoms with Crippen molar-refractivity contribution < 1.29 is 0 Å². The lowest BCUT2D eigenvalue weighted by molar-refractivity contribution is 0.318. The van der Waals surface area contributed by atoms with E-state index in [-0.39, 0.29) is 0 Å². The van der Waals surface area contributed by atoms with Crippen molar-refractivity contribution in [2.75, 3.05) is 0 Å². The summed E-state index contributed by atoms with van der Waals surface area (Å²) in [5.41, 5.74) is 9.19. The molecule has 0 aromatic heterocycles. The minimum absolute atomic E-state index is 0.413. The second-order valence-corrected chi connectivity index (χ2v) is 6.55. The highest BCUT2D eigenvalue weighted by atomic mass is 15.2. The molecule has 0 saturated carbocycles. The first-order valence-corrected chi connectivity index (χ1v) is 7.96. The lowest BCUT2D eigenvalue weighted by Crippen LogP contribution is -2.43. The van der Waals surface area contributed by atoms with E-state index >= 15 is 0 Å². The van der Waals surface area contributed by atoms with Crippen LogP contribution < -0.4 is 11.3 Å². The van der Waals surface area contributed by atoms with Crippen LogP contribution in [0.3, 0.4) is 0 Å². The molecule has 3 N–H and O–H groups in total. The van der Waals surface area contributed by atoms with Gasteiger partial charge in [0.2, 0.25) is 0 Å². The van der Waals surface area contributed by atoms with Crippen LogP contribution in [0.25, 0.3) is 0 Å². The van der Waals surface area contributed by atoms with E-state index in [4.69, 9.17) is 5.84 Å². The first-order valence-electron chi connectivity index (χ1n) is 7.96. The van der Waals surface area contributed by atoms with Crippen molar-refractivity contribution in [3.8, 4) is 0 Å². The van der Waals surface area contributed by atoms with Gasteiger partial charge >= 0.3 is 0 Å². The van der Waals surface area contributed by atoms with Gasteiger partial charge in [0, 0.05) is 6.04 Å².